The summed E-state index contributed by atoms with van der Waals surface area (Å²) < 4.78 is 13.0. The van der Waals surface area contributed by atoms with Gasteiger partial charge in [-0.25, -0.2) is 9.37 Å². The number of anilines is 2. The van der Waals surface area contributed by atoms with Crippen LogP contribution in [-0.2, 0) is 6.42 Å². The summed E-state index contributed by atoms with van der Waals surface area (Å²) in [6, 6.07) is 10.0. The molecule has 0 radical (unpaired) electrons. The van der Waals surface area contributed by atoms with Crippen molar-refractivity contribution in [2.24, 2.45) is 0 Å². The van der Waals surface area contributed by atoms with Crippen LogP contribution in [0.2, 0.25) is 0 Å². The molecule has 5 heteroatoms. The highest BCUT2D eigenvalue weighted by molar-refractivity contribution is 5.57. The molecule has 3 N–H and O–H groups in total. The molecule has 0 fully saturated rings. The van der Waals surface area contributed by atoms with E-state index in [2.05, 4.69) is 10.3 Å². The smallest absolute Gasteiger partial charge is 0.144 e. The number of nitrogens with zero attached hydrogens (tertiary/aromatic N) is 2. The van der Waals surface area contributed by atoms with Crippen LogP contribution in [0.25, 0.3) is 0 Å². The molecule has 0 aliphatic rings. The first-order valence-corrected chi connectivity index (χ1v) is 5.83. The highest BCUT2D eigenvalue weighted by Crippen LogP contribution is 2.14. The first kappa shape index (κ1) is 12.8. The summed E-state index contributed by atoms with van der Waals surface area (Å²) in [7, 11) is 0. The third-order valence-corrected chi connectivity index (χ3v) is 2.62. The molecule has 0 bridgehead atoms. The van der Waals surface area contributed by atoms with Gasteiger partial charge in [-0.1, -0.05) is 12.1 Å². The van der Waals surface area contributed by atoms with E-state index in [0.717, 1.165) is 5.56 Å². The number of halogens is 1. The lowest BCUT2D eigenvalue weighted by Gasteiger charge is -2.07. The van der Waals surface area contributed by atoms with Gasteiger partial charge in [-0.2, -0.15) is 5.26 Å². The van der Waals surface area contributed by atoms with Gasteiger partial charge < -0.3 is 11.1 Å². The second-order valence-corrected chi connectivity index (χ2v) is 4.08. The van der Waals surface area contributed by atoms with E-state index in [0.29, 0.717) is 30.0 Å². The maximum atomic E-state index is 13.0. The van der Waals surface area contributed by atoms with Crippen LogP contribution in [0, 0.1) is 17.1 Å². The molecule has 1 aromatic carbocycles. The number of nitrogen functional groups attached to an aromatic ring is 1. The van der Waals surface area contributed by atoms with Crippen molar-refractivity contribution in [1.82, 2.24) is 4.98 Å². The first-order valence-electron chi connectivity index (χ1n) is 5.83. The van der Waals surface area contributed by atoms with Crippen molar-refractivity contribution in [3.63, 3.8) is 0 Å². The Kier molecular flexibility index (Phi) is 3.94. The van der Waals surface area contributed by atoms with E-state index in [1.165, 1.54) is 18.3 Å². The summed E-state index contributed by atoms with van der Waals surface area (Å²) in [4.78, 5) is 4.07. The van der Waals surface area contributed by atoms with E-state index in [4.69, 9.17) is 11.0 Å². The Balaban J connectivity index is 1.98. The molecule has 1 aromatic heterocycles. The molecule has 4 nitrogen and oxygen atoms in total. The zero-order chi connectivity index (χ0) is 13.7. The Morgan fingerprint density at radius 3 is 2.95 bits per heavy atom. The van der Waals surface area contributed by atoms with Gasteiger partial charge in [0, 0.05) is 6.54 Å². The third-order valence-electron chi connectivity index (χ3n) is 2.62. The van der Waals surface area contributed by atoms with Gasteiger partial charge in [0.2, 0.25) is 0 Å². The number of nitriles is 1. The molecular weight excluding hydrogens is 243 g/mol. The van der Waals surface area contributed by atoms with Crippen molar-refractivity contribution in [3.05, 3.63) is 53.5 Å². The highest BCUT2D eigenvalue weighted by atomic mass is 19.1. The van der Waals surface area contributed by atoms with E-state index in [-0.39, 0.29) is 5.82 Å². The number of hydrogen-bond donors (Lipinski definition) is 2. The lowest BCUT2D eigenvalue weighted by atomic mass is 10.1. The van der Waals surface area contributed by atoms with Gasteiger partial charge in [-0.3, -0.25) is 0 Å². The Morgan fingerprint density at radius 1 is 1.37 bits per heavy atom. The number of rotatable bonds is 4. The van der Waals surface area contributed by atoms with E-state index in [9.17, 15) is 4.39 Å². The van der Waals surface area contributed by atoms with Crippen LogP contribution in [0.5, 0.6) is 0 Å². The lowest BCUT2D eigenvalue weighted by molar-refractivity contribution is 0.625. The standard InChI is InChI=1S/C14H13FN4/c15-12-3-1-2-10(6-12)4-5-18-14-11(8-16)7-13(17)9-19-14/h1-3,6-7,9H,4-5,17H2,(H,18,19). The van der Waals surface area contributed by atoms with E-state index in [1.54, 1.807) is 12.1 Å². The molecule has 0 amide bonds. The Hall–Kier alpha value is -2.61. The average molecular weight is 256 g/mol. The van der Waals surface area contributed by atoms with Gasteiger partial charge in [0.15, 0.2) is 0 Å². The fourth-order valence-electron chi connectivity index (χ4n) is 1.72. The number of benzene rings is 1. The monoisotopic (exact) mass is 256 g/mol. The van der Waals surface area contributed by atoms with Gasteiger partial charge in [0.25, 0.3) is 0 Å². The third kappa shape index (κ3) is 3.42. The maximum absolute atomic E-state index is 13.0. The van der Waals surface area contributed by atoms with Crippen molar-refractivity contribution in [2.45, 2.75) is 6.42 Å². The highest BCUT2D eigenvalue weighted by Gasteiger charge is 2.03. The lowest BCUT2D eigenvalue weighted by Crippen LogP contribution is -2.08. The number of pyridine rings is 1. The van der Waals surface area contributed by atoms with Crippen molar-refractivity contribution < 1.29 is 4.39 Å². The SMILES string of the molecule is N#Cc1cc(N)cnc1NCCc1cccc(F)c1. The molecule has 0 aliphatic carbocycles. The van der Waals surface area contributed by atoms with Crippen LogP contribution in [0.15, 0.2) is 36.5 Å². The van der Waals surface area contributed by atoms with Gasteiger partial charge in [-0.05, 0) is 30.2 Å². The zero-order valence-electron chi connectivity index (χ0n) is 10.2. The average Bonchev–Trinajstić information content (AvgIpc) is 2.40. The normalized spacial score (nSPS) is 9.89. The van der Waals surface area contributed by atoms with E-state index >= 15 is 0 Å². The summed E-state index contributed by atoms with van der Waals surface area (Å²) in [6.07, 6.45) is 2.14. The molecule has 19 heavy (non-hydrogen) atoms. The zero-order valence-corrected chi connectivity index (χ0v) is 10.2. The van der Waals surface area contributed by atoms with E-state index in [1.807, 2.05) is 12.1 Å². The Bertz CT molecular complexity index is 619. The van der Waals surface area contributed by atoms with Crippen LogP contribution in [0.3, 0.4) is 0 Å². The van der Waals surface area contributed by atoms with Crippen molar-refractivity contribution >= 4 is 11.5 Å². The van der Waals surface area contributed by atoms with Crippen molar-refractivity contribution in [1.29, 1.82) is 5.26 Å². The largest absolute Gasteiger partial charge is 0.397 e. The Labute approximate surface area is 110 Å². The first-order chi connectivity index (χ1) is 9.19. The molecule has 0 aliphatic heterocycles. The number of nitrogens with two attached hydrogens (primary N) is 1. The molecule has 2 rings (SSSR count). The summed E-state index contributed by atoms with van der Waals surface area (Å²) >= 11 is 0. The minimum absolute atomic E-state index is 0.249. The van der Waals surface area contributed by atoms with Crippen LogP contribution in [0.4, 0.5) is 15.9 Å². The molecule has 0 unspecified atom stereocenters. The molecule has 0 saturated carbocycles. The number of hydrogen-bond acceptors (Lipinski definition) is 4. The molecule has 96 valence electrons. The van der Waals surface area contributed by atoms with Crippen LogP contribution < -0.4 is 11.1 Å². The molecule has 1 heterocycles. The minimum atomic E-state index is -0.249. The molecule has 0 atom stereocenters. The fourth-order valence-corrected chi connectivity index (χ4v) is 1.72. The van der Waals surface area contributed by atoms with Crippen molar-refractivity contribution in [2.75, 3.05) is 17.6 Å². The number of aromatic nitrogens is 1. The van der Waals surface area contributed by atoms with Crippen LogP contribution >= 0.6 is 0 Å². The fraction of sp³-hybridized carbons (Fsp3) is 0.143. The van der Waals surface area contributed by atoms with Gasteiger partial charge in [-0.15, -0.1) is 0 Å². The molecular formula is C14H13FN4. The summed E-state index contributed by atoms with van der Waals surface area (Å²) in [5, 5.41) is 12.0. The van der Waals surface area contributed by atoms with E-state index < -0.39 is 0 Å². The topological polar surface area (TPSA) is 74.7 Å². The van der Waals surface area contributed by atoms with Gasteiger partial charge in [0.05, 0.1) is 17.4 Å². The van der Waals surface area contributed by atoms with Crippen LogP contribution in [-0.4, -0.2) is 11.5 Å². The van der Waals surface area contributed by atoms with Gasteiger partial charge >= 0.3 is 0 Å². The minimum Gasteiger partial charge on any atom is -0.397 e. The number of nitrogens with one attached hydrogen (secondary N) is 1. The summed E-state index contributed by atoms with van der Waals surface area (Å²) in [5.74, 6) is 0.244. The summed E-state index contributed by atoms with van der Waals surface area (Å²) in [6.45, 7) is 0.565. The maximum Gasteiger partial charge on any atom is 0.144 e. The summed E-state index contributed by atoms with van der Waals surface area (Å²) in [5.41, 5.74) is 7.30. The van der Waals surface area contributed by atoms with Gasteiger partial charge in [0.1, 0.15) is 17.7 Å². The predicted octanol–water partition coefficient (Wildman–Crippen LogP) is 2.33. The quantitative estimate of drug-likeness (QED) is 0.880. The molecule has 0 spiro atoms. The second kappa shape index (κ2) is 5.83. The van der Waals surface area contributed by atoms with Crippen LogP contribution in [0.1, 0.15) is 11.1 Å². The molecule has 2 aromatic rings. The predicted molar refractivity (Wildman–Crippen MR) is 72.0 cm³/mol. The van der Waals surface area contributed by atoms with Crippen molar-refractivity contribution in [3.8, 4) is 6.07 Å². The second-order valence-electron chi connectivity index (χ2n) is 4.08. The molecule has 0 saturated heterocycles. The Morgan fingerprint density at radius 2 is 2.21 bits per heavy atom.